The second kappa shape index (κ2) is 6.02. The van der Waals surface area contributed by atoms with Crippen LogP contribution in [-0.2, 0) is 9.53 Å². The van der Waals surface area contributed by atoms with Gasteiger partial charge in [-0.25, -0.2) is 0 Å². The Morgan fingerprint density at radius 2 is 2.10 bits per heavy atom. The highest BCUT2D eigenvalue weighted by molar-refractivity contribution is 5.66. The van der Waals surface area contributed by atoms with Crippen molar-refractivity contribution in [1.82, 2.24) is 4.90 Å². The molecule has 0 aromatic heterocycles. The molecular weight excluding hydrogens is 254 g/mol. The van der Waals surface area contributed by atoms with E-state index in [9.17, 15) is 4.79 Å². The maximum absolute atomic E-state index is 10.8. The molecule has 4 nitrogen and oxygen atoms in total. The van der Waals surface area contributed by atoms with Gasteiger partial charge >= 0.3 is 5.97 Å². The molecule has 1 aliphatic carbocycles. The molecule has 1 spiro atoms. The van der Waals surface area contributed by atoms with E-state index in [0.717, 1.165) is 26.0 Å². The number of rotatable bonds is 4. The Hall–Kier alpha value is -0.610. The van der Waals surface area contributed by atoms with Gasteiger partial charge in [-0.3, -0.25) is 9.69 Å². The molecule has 2 aliphatic heterocycles. The lowest BCUT2D eigenvalue weighted by molar-refractivity contribution is -0.154. The van der Waals surface area contributed by atoms with Gasteiger partial charge in [0.1, 0.15) is 0 Å². The maximum Gasteiger partial charge on any atom is 0.303 e. The standard InChI is InChI=1S/C16H27NO3/c18-15(19)6-5-13-4-1-2-10-17(13)14-7-11-20-16(12-14)8-3-9-16/h13-14H,1-12H2,(H,18,19). The number of carboxylic acids is 1. The molecule has 2 saturated heterocycles. The minimum Gasteiger partial charge on any atom is -0.481 e. The first-order valence-electron chi connectivity index (χ1n) is 8.30. The van der Waals surface area contributed by atoms with Crippen LogP contribution in [0.3, 0.4) is 0 Å². The highest BCUT2D eigenvalue weighted by Gasteiger charge is 2.45. The second-order valence-electron chi connectivity index (χ2n) is 6.85. The Labute approximate surface area is 121 Å². The number of carbonyl (C=O) groups is 1. The third kappa shape index (κ3) is 3.01. The molecule has 1 saturated carbocycles. The first kappa shape index (κ1) is 14.3. The number of nitrogens with zero attached hydrogens (tertiary/aromatic N) is 1. The van der Waals surface area contributed by atoms with Crippen molar-refractivity contribution in [3.63, 3.8) is 0 Å². The van der Waals surface area contributed by atoms with Gasteiger partial charge < -0.3 is 9.84 Å². The number of carboxylic acid groups (broad SMARTS) is 1. The van der Waals surface area contributed by atoms with Gasteiger partial charge in [0, 0.05) is 25.1 Å². The summed E-state index contributed by atoms with van der Waals surface area (Å²) in [5.41, 5.74) is 0.192. The fourth-order valence-corrected chi connectivity index (χ4v) is 4.31. The molecule has 2 unspecified atom stereocenters. The van der Waals surface area contributed by atoms with E-state index >= 15 is 0 Å². The van der Waals surface area contributed by atoms with Crippen molar-refractivity contribution < 1.29 is 14.6 Å². The summed E-state index contributed by atoms with van der Waals surface area (Å²) in [4.78, 5) is 13.5. The Morgan fingerprint density at radius 3 is 2.80 bits per heavy atom. The summed E-state index contributed by atoms with van der Waals surface area (Å²) in [5, 5.41) is 8.93. The van der Waals surface area contributed by atoms with E-state index in [1.807, 2.05) is 0 Å². The van der Waals surface area contributed by atoms with Gasteiger partial charge in [-0.2, -0.15) is 0 Å². The summed E-state index contributed by atoms with van der Waals surface area (Å²) < 4.78 is 6.04. The summed E-state index contributed by atoms with van der Waals surface area (Å²) >= 11 is 0. The number of hydrogen-bond donors (Lipinski definition) is 1. The van der Waals surface area contributed by atoms with Gasteiger partial charge in [0.2, 0.25) is 0 Å². The van der Waals surface area contributed by atoms with Crippen LogP contribution in [0, 0.1) is 0 Å². The third-order valence-corrected chi connectivity index (χ3v) is 5.56. The molecule has 0 aromatic carbocycles. The lowest BCUT2D eigenvalue weighted by Crippen LogP contribution is -2.55. The van der Waals surface area contributed by atoms with Crippen molar-refractivity contribution in [3.05, 3.63) is 0 Å². The fraction of sp³-hybridized carbons (Fsp3) is 0.938. The molecule has 3 fully saturated rings. The highest BCUT2D eigenvalue weighted by Crippen LogP contribution is 2.44. The van der Waals surface area contributed by atoms with Crippen LogP contribution in [0.2, 0.25) is 0 Å². The zero-order valence-electron chi connectivity index (χ0n) is 12.4. The minimum atomic E-state index is -0.655. The van der Waals surface area contributed by atoms with Crippen LogP contribution in [-0.4, -0.2) is 46.8 Å². The lowest BCUT2D eigenvalue weighted by atomic mass is 9.73. The predicted molar refractivity (Wildman–Crippen MR) is 76.8 cm³/mol. The van der Waals surface area contributed by atoms with Gasteiger partial charge in [-0.1, -0.05) is 6.42 Å². The smallest absolute Gasteiger partial charge is 0.303 e. The number of aliphatic carboxylic acids is 1. The molecule has 0 radical (unpaired) electrons. The number of ether oxygens (including phenoxy) is 1. The number of piperidine rings is 1. The zero-order chi connectivity index (χ0) is 14.0. The van der Waals surface area contributed by atoms with Gasteiger partial charge in [0.05, 0.1) is 5.60 Å². The van der Waals surface area contributed by atoms with E-state index in [1.54, 1.807) is 0 Å². The van der Waals surface area contributed by atoms with Crippen LogP contribution < -0.4 is 0 Å². The molecule has 4 heteroatoms. The molecule has 1 N–H and O–H groups in total. The Balaban J connectivity index is 1.61. The molecule has 0 amide bonds. The first-order chi connectivity index (χ1) is 9.69. The van der Waals surface area contributed by atoms with Crippen molar-refractivity contribution in [3.8, 4) is 0 Å². The quantitative estimate of drug-likeness (QED) is 0.861. The van der Waals surface area contributed by atoms with Gasteiger partial charge in [0.25, 0.3) is 0 Å². The highest BCUT2D eigenvalue weighted by atomic mass is 16.5. The molecule has 2 atom stereocenters. The summed E-state index contributed by atoms with van der Waals surface area (Å²) in [7, 11) is 0. The van der Waals surface area contributed by atoms with E-state index in [0.29, 0.717) is 18.5 Å². The summed E-state index contributed by atoms with van der Waals surface area (Å²) in [6.07, 6.45) is 10.9. The molecule has 114 valence electrons. The average molecular weight is 281 g/mol. The Bertz CT molecular complexity index is 354. The van der Waals surface area contributed by atoms with Crippen LogP contribution in [0.5, 0.6) is 0 Å². The molecule has 2 heterocycles. The average Bonchev–Trinajstić information content (AvgIpc) is 2.44. The largest absolute Gasteiger partial charge is 0.481 e. The van der Waals surface area contributed by atoms with Crippen molar-refractivity contribution in [1.29, 1.82) is 0 Å². The molecule has 20 heavy (non-hydrogen) atoms. The summed E-state index contributed by atoms with van der Waals surface area (Å²) in [6, 6.07) is 1.11. The van der Waals surface area contributed by atoms with Crippen LogP contribution in [0.15, 0.2) is 0 Å². The molecule has 0 aromatic rings. The van der Waals surface area contributed by atoms with Crippen LogP contribution in [0.4, 0.5) is 0 Å². The SMILES string of the molecule is O=C(O)CCC1CCCCN1C1CCOC2(CCC2)C1. The maximum atomic E-state index is 10.8. The Kier molecular flexibility index (Phi) is 4.32. The summed E-state index contributed by atoms with van der Waals surface area (Å²) in [5.74, 6) is -0.655. The van der Waals surface area contributed by atoms with E-state index in [-0.39, 0.29) is 5.60 Å². The van der Waals surface area contributed by atoms with E-state index in [4.69, 9.17) is 9.84 Å². The van der Waals surface area contributed by atoms with Crippen molar-refractivity contribution in [2.75, 3.05) is 13.2 Å². The van der Waals surface area contributed by atoms with Crippen LogP contribution >= 0.6 is 0 Å². The number of likely N-dealkylation sites (tertiary alicyclic amines) is 1. The second-order valence-corrected chi connectivity index (χ2v) is 6.85. The van der Waals surface area contributed by atoms with E-state index < -0.39 is 5.97 Å². The zero-order valence-corrected chi connectivity index (χ0v) is 12.4. The van der Waals surface area contributed by atoms with E-state index in [1.165, 1.54) is 44.9 Å². The fourth-order valence-electron chi connectivity index (χ4n) is 4.31. The van der Waals surface area contributed by atoms with Gasteiger partial charge in [0.15, 0.2) is 0 Å². The van der Waals surface area contributed by atoms with Crippen LogP contribution in [0.25, 0.3) is 0 Å². The monoisotopic (exact) mass is 281 g/mol. The molecule has 3 rings (SSSR count). The minimum absolute atomic E-state index is 0.192. The number of hydrogen-bond acceptors (Lipinski definition) is 3. The van der Waals surface area contributed by atoms with E-state index in [2.05, 4.69) is 4.90 Å². The molecule has 0 bridgehead atoms. The Morgan fingerprint density at radius 1 is 1.25 bits per heavy atom. The summed E-state index contributed by atoms with van der Waals surface area (Å²) in [6.45, 7) is 2.05. The van der Waals surface area contributed by atoms with Crippen molar-refractivity contribution in [2.45, 2.75) is 81.9 Å². The third-order valence-electron chi connectivity index (χ3n) is 5.56. The predicted octanol–water partition coefficient (Wildman–Crippen LogP) is 2.81. The van der Waals surface area contributed by atoms with Crippen molar-refractivity contribution in [2.24, 2.45) is 0 Å². The van der Waals surface area contributed by atoms with Crippen molar-refractivity contribution >= 4 is 5.97 Å². The molecular formula is C16H27NO3. The molecule has 3 aliphatic rings. The topological polar surface area (TPSA) is 49.8 Å². The normalized spacial score (nSPS) is 33.8. The first-order valence-corrected chi connectivity index (χ1v) is 8.30. The van der Waals surface area contributed by atoms with Gasteiger partial charge in [-0.05, 0) is 57.9 Å². The lowest BCUT2D eigenvalue weighted by Gasteiger charge is -2.52. The van der Waals surface area contributed by atoms with Gasteiger partial charge in [-0.15, -0.1) is 0 Å². The van der Waals surface area contributed by atoms with Crippen LogP contribution in [0.1, 0.15) is 64.2 Å².